The van der Waals surface area contributed by atoms with E-state index < -0.39 is 0 Å². The minimum absolute atomic E-state index is 0.875. The van der Waals surface area contributed by atoms with Gasteiger partial charge < -0.3 is 0 Å². The molecule has 0 aliphatic rings. The maximum atomic E-state index is 2.44. The summed E-state index contributed by atoms with van der Waals surface area (Å²) in [6, 6.07) is 0. The molecule has 78 valence electrons. The van der Waals surface area contributed by atoms with E-state index in [2.05, 4.69) is 33.8 Å². The van der Waals surface area contributed by atoms with Gasteiger partial charge in [0.05, 0.1) is 0 Å². The minimum atomic E-state index is 0.875. The molecule has 0 heterocycles. The van der Waals surface area contributed by atoms with Crippen molar-refractivity contribution in [3.05, 3.63) is 11.6 Å². The highest BCUT2D eigenvalue weighted by Crippen LogP contribution is 2.25. The largest absolute Gasteiger partial charge is 0.0853 e. The molecule has 0 nitrogen and oxygen atoms in total. The fourth-order valence-electron chi connectivity index (χ4n) is 2.07. The molecule has 0 saturated heterocycles. The predicted molar refractivity (Wildman–Crippen MR) is 62.0 cm³/mol. The Kier molecular flexibility index (Phi) is 8.18. The average molecular weight is 182 g/mol. The van der Waals surface area contributed by atoms with Crippen molar-refractivity contribution in [3.8, 4) is 0 Å². The summed E-state index contributed by atoms with van der Waals surface area (Å²) >= 11 is 0. The molecule has 0 aromatic heterocycles. The minimum Gasteiger partial charge on any atom is -0.0853 e. The molecule has 0 rings (SSSR count). The van der Waals surface area contributed by atoms with Crippen molar-refractivity contribution in [3.63, 3.8) is 0 Å². The summed E-state index contributed by atoms with van der Waals surface area (Å²) in [5.74, 6) is 0.875. The Labute approximate surface area is 84.4 Å². The molecule has 0 radical (unpaired) electrons. The molecule has 0 bridgehead atoms. The summed E-state index contributed by atoms with van der Waals surface area (Å²) in [4.78, 5) is 0. The van der Waals surface area contributed by atoms with Crippen LogP contribution in [-0.2, 0) is 0 Å². The first kappa shape index (κ1) is 12.7. The second-order valence-electron chi connectivity index (χ2n) is 3.82. The van der Waals surface area contributed by atoms with Crippen LogP contribution in [0, 0.1) is 5.92 Å². The molecule has 0 fully saturated rings. The van der Waals surface area contributed by atoms with Crippen molar-refractivity contribution in [1.29, 1.82) is 0 Å². The van der Waals surface area contributed by atoms with E-state index in [9.17, 15) is 0 Å². The molecule has 0 aliphatic carbocycles. The summed E-state index contributed by atoms with van der Waals surface area (Å²) in [7, 11) is 0. The monoisotopic (exact) mass is 182 g/mol. The van der Waals surface area contributed by atoms with E-state index in [1.54, 1.807) is 5.57 Å². The average Bonchev–Trinajstić information content (AvgIpc) is 2.14. The van der Waals surface area contributed by atoms with E-state index in [0.29, 0.717) is 0 Å². The van der Waals surface area contributed by atoms with Crippen LogP contribution in [0.4, 0.5) is 0 Å². The smallest absolute Gasteiger partial charge is 0.0204 e. The highest BCUT2D eigenvalue weighted by atomic mass is 14.2. The molecule has 0 atom stereocenters. The van der Waals surface area contributed by atoms with Crippen LogP contribution in [0.2, 0.25) is 0 Å². The molecule has 0 aromatic rings. The van der Waals surface area contributed by atoms with Gasteiger partial charge >= 0.3 is 0 Å². The predicted octanol–water partition coefficient (Wildman–Crippen LogP) is 4.95. The zero-order chi connectivity index (χ0) is 10.1. The number of hydrogen-bond acceptors (Lipinski definition) is 0. The van der Waals surface area contributed by atoms with Crippen molar-refractivity contribution in [2.24, 2.45) is 5.92 Å². The van der Waals surface area contributed by atoms with Crippen molar-refractivity contribution in [2.45, 2.75) is 66.2 Å². The maximum Gasteiger partial charge on any atom is -0.0204 e. The van der Waals surface area contributed by atoms with Crippen molar-refractivity contribution in [1.82, 2.24) is 0 Å². The SMILES string of the molecule is CC/C=C(\CC)C(CCC)CCC. The summed E-state index contributed by atoms with van der Waals surface area (Å²) in [6.45, 7) is 9.12. The lowest BCUT2D eigenvalue weighted by Gasteiger charge is -2.18. The first-order valence-electron chi connectivity index (χ1n) is 5.98. The fourth-order valence-corrected chi connectivity index (χ4v) is 2.07. The molecule has 0 amide bonds. The number of rotatable bonds is 7. The molecule has 0 aromatic carbocycles. The van der Waals surface area contributed by atoms with Crippen LogP contribution in [0.15, 0.2) is 11.6 Å². The van der Waals surface area contributed by atoms with Gasteiger partial charge in [-0.15, -0.1) is 0 Å². The highest BCUT2D eigenvalue weighted by molar-refractivity contribution is 5.05. The van der Waals surface area contributed by atoms with Gasteiger partial charge in [0.25, 0.3) is 0 Å². The van der Waals surface area contributed by atoms with E-state index in [-0.39, 0.29) is 0 Å². The number of hydrogen-bond donors (Lipinski definition) is 0. The molecular formula is C13H26. The van der Waals surface area contributed by atoms with Crippen LogP contribution in [0.1, 0.15) is 66.2 Å². The third-order valence-electron chi connectivity index (χ3n) is 2.67. The Morgan fingerprint density at radius 2 is 1.54 bits per heavy atom. The van der Waals surface area contributed by atoms with Crippen molar-refractivity contribution < 1.29 is 0 Å². The standard InChI is InChI=1S/C13H26/c1-5-9-12(8-4)13(10-6-2)11-7-3/h9,13H,5-8,10-11H2,1-4H3/b12-9+. The Bertz CT molecular complexity index is 127. The first-order chi connectivity index (χ1) is 6.29. The van der Waals surface area contributed by atoms with Crippen molar-refractivity contribution >= 4 is 0 Å². The first-order valence-corrected chi connectivity index (χ1v) is 5.98. The Morgan fingerprint density at radius 1 is 1.00 bits per heavy atom. The molecule has 0 unspecified atom stereocenters. The molecule has 0 heteroatoms. The zero-order valence-corrected chi connectivity index (χ0v) is 9.90. The molecule has 0 N–H and O–H groups in total. The summed E-state index contributed by atoms with van der Waals surface area (Å²) < 4.78 is 0. The molecule has 0 aliphatic heterocycles. The maximum absolute atomic E-state index is 2.44. The topological polar surface area (TPSA) is 0 Å². The fraction of sp³-hybridized carbons (Fsp3) is 0.846. The van der Waals surface area contributed by atoms with E-state index in [1.165, 1.54) is 38.5 Å². The van der Waals surface area contributed by atoms with Gasteiger partial charge in [0.2, 0.25) is 0 Å². The van der Waals surface area contributed by atoms with Crippen LogP contribution >= 0.6 is 0 Å². The van der Waals surface area contributed by atoms with E-state index in [1.807, 2.05) is 0 Å². The molecule has 0 saturated carbocycles. The lowest BCUT2D eigenvalue weighted by atomic mass is 9.88. The van der Waals surface area contributed by atoms with Crippen molar-refractivity contribution in [2.75, 3.05) is 0 Å². The van der Waals surface area contributed by atoms with Gasteiger partial charge in [-0.25, -0.2) is 0 Å². The van der Waals surface area contributed by atoms with Gasteiger partial charge in [0.1, 0.15) is 0 Å². The van der Waals surface area contributed by atoms with Crippen LogP contribution in [-0.4, -0.2) is 0 Å². The Morgan fingerprint density at radius 3 is 1.85 bits per heavy atom. The van der Waals surface area contributed by atoms with Gasteiger partial charge in [-0.2, -0.15) is 0 Å². The molecule has 0 spiro atoms. The summed E-state index contributed by atoms with van der Waals surface area (Å²) in [6.07, 6.45) is 10.3. The second-order valence-corrected chi connectivity index (χ2v) is 3.82. The lowest BCUT2D eigenvalue weighted by molar-refractivity contribution is 0.491. The quantitative estimate of drug-likeness (QED) is 0.489. The van der Waals surface area contributed by atoms with E-state index >= 15 is 0 Å². The van der Waals surface area contributed by atoms with E-state index in [0.717, 1.165) is 5.92 Å². The van der Waals surface area contributed by atoms with Crippen LogP contribution in [0.3, 0.4) is 0 Å². The lowest BCUT2D eigenvalue weighted by Crippen LogP contribution is -2.03. The van der Waals surface area contributed by atoms with Crippen LogP contribution in [0.5, 0.6) is 0 Å². The van der Waals surface area contributed by atoms with E-state index in [4.69, 9.17) is 0 Å². The van der Waals surface area contributed by atoms with Gasteiger partial charge in [0.15, 0.2) is 0 Å². The highest BCUT2D eigenvalue weighted by Gasteiger charge is 2.09. The van der Waals surface area contributed by atoms with Gasteiger partial charge in [0, 0.05) is 0 Å². The zero-order valence-electron chi connectivity index (χ0n) is 9.90. The van der Waals surface area contributed by atoms with Crippen LogP contribution < -0.4 is 0 Å². The Balaban J connectivity index is 4.20. The van der Waals surface area contributed by atoms with Gasteiger partial charge in [-0.3, -0.25) is 0 Å². The van der Waals surface area contributed by atoms with Gasteiger partial charge in [-0.05, 0) is 31.6 Å². The third-order valence-corrected chi connectivity index (χ3v) is 2.67. The Hall–Kier alpha value is -0.260. The third kappa shape index (κ3) is 5.13. The molecular weight excluding hydrogens is 156 g/mol. The summed E-state index contributed by atoms with van der Waals surface area (Å²) in [5.41, 5.74) is 1.70. The number of allylic oxidation sites excluding steroid dienone is 2. The van der Waals surface area contributed by atoms with Gasteiger partial charge in [-0.1, -0.05) is 52.2 Å². The normalized spacial score (nSPS) is 12.5. The summed E-state index contributed by atoms with van der Waals surface area (Å²) in [5, 5.41) is 0. The van der Waals surface area contributed by atoms with Crippen LogP contribution in [0.25, 0.3) is 0 Å². The second kappa shape index (κ2) is 8.34. The molecule has 13 heavy (non-hydrogen) atoms.